The van der Waals surface area contributed by atoms with Gasteiger partial charge in [0.1, 0.15) is 23.9 Å². The quantitative estimate of drug-likeness (QED) is 0.859. The first-order valence-corrected chi connectivity index (χ1v) is 5.91. The van der Waals surface area contributed by atoms with E-state index in [9.17, 15) is 4.39 Å². The summed E-state index contributed by atoms with van der Waals surface area (Å²) in [6, 6.07) is 9.88. The lowest BCUT2D eigenvalue weighted by atomic mass is 10.1. The summed E-state index contributed by atoms with van der Waals surface area (Å²) in [6.07, 6.45) is 0. The van der Waals surface area contributed by atoms with Crippen molar-refractivity contribution in [2.24, 2.45) is 0 Å². The van der Waals surface area contributed by atoms with Crippen LogP contribution in [0.15, 0.2) is 36.4 Å². The van der Waals surface area contributed by atoms with Gasteiger partial charge in [0.15, 0.2) is 0 Å². The predicted octanol–water partition coefficient (Wildman–Crippen LogP) is 3.30. The zero-order chi connectivity index (χ0) is 13.8. The van der Waals surface area contributed by atoms with Crippen molar-refractivity contribution in [1.29, 1.82) is 0 Å². The fraction of sp³-hybridized carbons (Fsp3) is 0.200. The van der Waals surface area contributed by atoms with Crippen molar-refractivity contribution in [2.45, 2.75) is 13.5 Å². The Bertz CT molecular complexity index is 584. The van der Waals surface area contributed by atoms with Gasteiger partial charge >= 0.3 is 0 Å². The molecule has 0 amide bonds. The molecule has 0 heterocycles. The highest BCUT2D eigenvalue weighted by molar-refractivity contribution is 5.56. The third kappa shape index (κ3) is 3.16. The van der Waals surface area contributed by atoms with Crippen LogP contribution in [0, 0.1) is 12.7 Å². The standard InChI is InChI=1S/C15H16FNO2/c1-10-7-12(16)4-3-11(10)9-19-13-5-6-15(18-2)14(17)8-13/h3-8H,9,17H2,1-2H3. The Hall–Kier alpha value is -2.23. The molecule has 0 aromatic heterocycles. The zero-order valence-corrected chi connectivity index (χ0v) is 10.9. The monoisotopic (exact) mass is 261 g/mol. The van der Waals surface area contributed by atoms with E-state index in [1.54, 1.807) is 31.4 Å². The van der Waals surface area contributed by atoms with Crippen LogP contribution in [-0.2, 0) is 6.61 Å². The molecule has 0 radical (unpaired) electrons. The molecule has 0 aliphatic carbocycles. The molecule has 0 aliphatic heterocycles. The number of hydrogen-bond donors (Lipinski definition) is 1. The highest BCUT2D eigenvalue weighted by atomic mass is 19.1. The summed E-state index contributed by atoms with van der Waals surface area (Å²) in [6.45, 7) is 2.22. The molecular weight excluding hydrogens is 245 g/mol. The predicted molar refractivity (Wildman–Crippen MR) is 72.9 cm³/mol. The number of aryl methyl sites for hydroxylation is 1. The molecule has 0 atom stereocenters. The molecule has 19 heavy (non-hydrogen) atoms. The molecule has 2 rings (SSSR count). The van der Waals surface area contributed by atoms with Gasteiger partial charge in [-0.05, 0) is 42.3 Å². The van der Waals surface area contributed by atoms with E-state index in [-0.39, 0.29) is 5.82 Å². The second kappa shape index (κ2) is 5.61. The van der Waals surface area contributed by atoms with E-state index in [1.807, 2.05) is 6.92 Å². The van der Waals surface area contributed by atoms with Gasteiger partial charge in [0, 0.05) is 6.07 Å². The fourth-order valence-electron chi connectivity index (χ4n) is 1.78. The minimum atomic E-state index is -0.241. The normalized spacial score (nSPS) is 10.3. The first-order chi connectivity index (χ1) is 9.10. The molecular formula is C15H16FNO2. The zero-order valence-electron chi connectivity index (χ0n) is 10.9. The van der Waals surface area contributed by atoms with Gasteiger partial charge in [-0.2, -0.15) is 0 Å². The van der Waals surface area contributed by atoms with Crippen LogP contribution in [0.2, 0.25) is 0 Å². The second-order valence-electron chi connectivity index (χ2n) is 4.26. The maximum absolute atomic E-state index is 13.0. The number of anilines is 1. The Labute approximate surface area is 111 Å². The van der Waals surface area contributed by atoms with Gasteiger partial charge in [-0.15, -0.1) is 0 Å². The molecule has 3 nitrogen and oxygen atoms in total. The lowest BCUT2D eigenvalue weighted by Gasteiger charge is -2.10. The van der Waals surface area contributed by atoms with Crippen molar-refractivity contribution >= 4 is 5.69 Å². The van der Waals surface area contributed by atoms with Crippen LogP contribution in [-0.4, -0.2) is 7.11 Å². The third-order valence-electron chi connectivity index (χ3n) is 2.90. The Morgan fingerprint density at radius 3 is 2.58 bits per heavy atom. The number of halogens is 1. The fourth-order valence-corrected chi connectivity index (χ4v) is 1.78. The van der Waals surface area contributed by atoms with Crippen LogP contribution < -0.4 is 15.2 Å². The average Bonchev–Trinajstić information content (AvgIpc) is 2.38. The molecule has 2 N–H and O–H groups in total. The second-order valence-corrected chi connectivity index (χ2v) is 4.26. The molecule has 100 valence electrons. The molecule has 0 saturated carbocycles. The number of methoxy groups -OCH3 is 1. The van der Waals surface area contributed by atoms with E-state index >= 15 is 0 Å². The smallest absolute Gasteiger partial charge is 0.142 e. The topological polar surface area (TPSA) is 44.5 Å². The van der Waals surface area contributed by atoms with Crippen molar-refractivity contribution in [2.75, 3.05) is 12.8 Å². The summed E-state index contributed by atoms with van der Waals surface area (Å²) in [7, 11) is 1.56. The lowest BCUT2D eigenvalue weighted by Crippen LogP contribution is -1.99. The summed E-state index contributed by atoms with van der Waals surface area (Å²) in [5.74, 6) is 1.03. The van der Waals surface area contributed by atoms with Crippen molar-refractivity contribution in [3.63, 3.8) is 0 Å². The molecule has 0 spiro atoms. The van der Waals surface area contributed by atoms with Gasteiger partial charge in [0.2, 0.25) is 0 Å². The summed E-state index contributed by atoms with van der Waals surface area (Å²) in [4.78, 5) is 0. The Balaban J connectivity index is 2.08. The minimum absolute atomic E-state index is 0.241. The summed E-state index contributed by atoms with van der Waals surface area (Å²) in [5.41, 5.74) is 8.12. The Kier molecular flexibility index (Phi) is 3.90. The molecule has 0 unspecified atom stereocenters. The molecule has 0 aliphatic rings. The number of nitrogen functional groups attached to an aromatic ring is 1. The Morgan fingerprint density at radius 1 is 1.16 bits per heavy atom. The van der Waals surface area contributed by atoms with Gasteiger partial charge in [-0.3, -0.25) is 0 Å². The van der Waals surface area contributed by atoms with E-state index in [1.165, 1.54) is 12.1 Å². The Morgan fingerprint density at radius 2 is 1.95 bits per heavy atom. The van der Waals surface area contributed by atoms with Gasteiger partial charge in [0.25, 0.3) is 0 Å². The first kappa shape index (κ1) is 13.2. The van der Waals surface area contributed by atoms with E-state index in [4.69, 9.17) is 15.2 Å². The molecule has 4 heteroatoms. The van der Waals surface area contributed by atoms with Gasteiger partial charge < -0.3 is 15.2 Å². The summed E-state index contributed by atoms with van der Waals surface area (Å²) >= 11 is 0. The number of benzene rings is 2. The average molecular weight is 261 g/mol. The van der Waals surface area contributed by atoms with Gasteiger partial charge in [-0.1, -0.05) is 6.07 Å². The van der Waals surface area contributed by atoms with E-state index in [2.05, 4.69) is 0 Å². The number of ether oxygens (including phenoxy) is 2. The maximum atomic E-state index is 13.0. The van der Waals surface area contributed by atoms with E-state index in [0.29, 0.717) is 23.8 Å². The largest absolute Gasteiger partial charge is 0.495 e. The lowest BCUT2D eigenvalue weighted by molar-refractivity contribution is 0.305. The minimum Gasteiger partial charge on any atom is -0.495 e. The van der Waals surface area contributed by atoms with Crippen molar-refractivity contribution in [3.8, 4) is 11.5 Å². The van der Waals surface area contributed by atoms with Crippen molar-refractivity contribution in [1.82, 2.24) is 0 Å². The number of nitrogens with two attached hydrogens (primary N) is 1. The molecule has 0 fully saturated rings. The molecule has 0 bridgehead atoms. The van der Waals surface area contributed by atoms with Crippen LogP contribution in [0.5, 0.6) is 11.5 Å². The summed E-state index contributed by atoms with van der Waals surface area (Å²) < 4.78 is 23.7. The highest BCUT2D eigenvalue weighted by Gasteiger charge is 2.04. The SMILES string of the molecule is COc1ccc(OCc2ccc(F)cc2C)cc1N. The van der Waals surface area contributed by atoms with Crippen molar-refractivity contribution in [3.05, 3.63) is 53.3 Å². The highest BCUT2D eigenvalue weighted by Crippen LogP contribution is 2.26. The van der Waals surface area contributed by atoms with Crippen molar-refractivity contribution < 1.29 is 13.9 Å². The van der Waals surface area contributed by atoms with Crippen LogP contribution in [0.25, 0.3) is 0 Å². The maximum Gasteiger partial charge on any atom is 0.142 e. The number of hydrogen-bond acceptors (Lipinski definition) is 3. The van der Waals surface area contributed by atoms with Crippen LogP contribution in [0.4, 0.5) is 10.1 Å². The number of rotatable bonds is 4. The van der Waals surface area contributed by atoms with Crippen LogP contribution in [0.1, 0.15) is 11.1 Å². The first-order valence-electron chi connectivity index (χ1n) is 5.91. The third-order valence-corrected chi connectivity index (χ3v) is 2.90. The molecule has 2 aromatic carbocycles. The van der Waals surface area contributed by atoms with Gasteiger partial charge in [-0.25, -0.2) is 4.39 Å². The van der Waals surface area contributed by atoms with E-state index < -0.39 is 0 Å². The van der Waals surface area contributed by atoms with E-state index in [0.717, 1.165) is 11.1 Å². The summed E-state index contributed by atoms with van der Waals surface area (Å²) in [5, 5.41) is 0. The van der Waals surface area contributed by atoms with Crippen LogP contribution in [0.3, 0.4) is 0 Å². The van der Waals surface area contributed by atoms with Crippen LogP contribution >= 0.6 is 0 Å². The molecule has 2 aromatic rings. The molecule has 0 saturated heterocycles. The van der Waals surface area contributed by atoms with Gasteiger partial charge in [0.05, 0.1) is 12.8 Å².